The second-order valence-corrected chi connectivity index (χ2v) is 9.35. The van der Waals surface area contributed by atoms with E-state index in [4.69, 9.17) is 16.3 Å². The molecule has 1 aromatic heterocycles. The van der Waals surface area contributed by atoms with Crippen LogP contribution in [0.5, 0.6) is 11.5 Å². The predicted octanol–water partition coefficient (Wildman–Crippen LogP) is 5.31. The molecule has 0 spiro atoms. The smallest absolute Gasteiger partial charge is 0.250 e. The number of thioether (sulfide) groups is 1. The molecule has 0 atom stereocenters. The summed E-state index contributed by atoms with van der Waals surface area (Å²) in [5, 5.41) is 23.7. The number of hydrogen-bond donors (Lipinski definition) is 2. The van der Waals surface area contributed by atoms with Gasteiger partial charge in [-0.05, 0) is 70.0 Å². The molecule has 4 aromatic rings. The number of methoxy groups -OCH3 is 1. The van der Waals surface area contributed by atoms with Crippen molar-refractivity contribution in [2.75, 3.05) is 12.9 Å². The summed E-state index contributed by atoms with van der Waals surface area (Å²) in [5.74, 6) is 0.684. The first-order valence-electron chi connectivity index (χ1n) is 10.2. The van der Waals surface area contributed by atoms with Crippen LogP contribution in [0.2, 0.25) is 5.02 Å². The van der Waals surface area contributed by atoms with Crippen molar-refractivity contribution in [2.45, 2.75) is 5.16 Å². The minimum Gasteiger partial charge on any atom is -0.503 e. The van der Waals surface area contributed by atoms with Gasteiger partial charge in [0.1, 0.15) is 0 Å². The maximum absolute atomic E-state index is 12.4. The van der Waals surface area contributed by atoms with E-state index in [1.807, 2.05) is 47.0 Å². The van der Waals surface area contributed by atoms with Gasteiger partial charge in [0.25, 0.3) is 5.91 Å². The van der Waals surface area contributed by atoms with Crippen molar-refractivity contribution < 1.29 is 14.6 Å². The van der Waals surface area contributed by atoms with E-state index in [-0.39, 0.29) is 17.4 Å². The maximum Gasteiger partial charge on any atom is 0.250 e. The molecule has 3 aromatic carbocycles. The van der Waals surface area contributed by atoms with Gasteiger partial charge < -0.3 is 9.84 Å². The Balaban J connectivity index is 1.48. The summed E-state index contributed by atoms with van der Waals surface area (Å²) >= 11 is 10.5. The third kappa shape index (κ3) is 6.02. The van der Waals surface area contributed by atoms with E-state index < -0.39 is 0 Å². The molecular weight excluding hydrogens is 554 g/mol. The van der Waals surface area contributed by atoms with Crippen molar-refractivity contribution in [3.05, 3.63) is 81.8 Å². The summed E-state index contributed by atoms with van der Waals surface area (Å²) < 4.78 is 7.46. The lowest BCUT2D eigenvalue weighted by Crippen LogP contribution is -2.20. The predicted molar refractivity (Wildman–Crippen MR) is 141 cm³/mol. The van der Waals surface area contributed by atoms with Crippen LogP contribution in [-0.4, -0.2) is 44.9 Å². The number of amides is 1. The highest BCUT2D eigenvalue weighted by molar-refractivity contribution is 9.10. The topological polar surface area (TPSA) is 102 Å². The molecule has 178 valence electrons. The van der Waals surface area contributed by atoms with Crippen LogP contribution in [0, 0.1) is 0 Å². The largest absolute Gasteiger partial charge is 0.503 e. The Morgan fingerprint density at radius 2 is 1.94 bits per heavy atom. The van der Waals surface area contributed by atoms with Crippen LogP contribution in [0.4, 0.5) is 0 Å². The first kappa shape index (κ1) is 24.8. The number of ether oxygens (including phenoxy) is 1. The third-order valence-electron chi connectivity index (χ3n) is 4.76. The highest BCUT2D eigenvalue weighted by Gasteiger charge is 2.17. The Kier molecular flexibility index (Phi) is 8.06. The molecule has 0 bridgehead atoms. The van der Waals surface area contributed by atoms with Crippen LogP contribution in [0.25, 0.3) is 17.1 Å². The SMILES string of the molecule is COc1cc(/C=N/NC(=O)CSc2nnc(-c3ccc(Cl)cc3)n2-c2ccccc2)cc(Br)c1O. The molecule has 0 radical (unpaired) electrons. The Morgan fingerprint density at radius 1 is 1.20 bits per heavy atom. The molecule has 8 nitrogen and oxygen atoms in total. The Morgan fingerprint density at radius 3 is 2.66 bits per heavy atom. The Hall–Kier alpha value is -3.34. The van der Waals surface area contributed by atoms with E-state index in [0.717, 1.165) is 11.3 Å². The van der Waals surface area contributed by atoms with E-state index in [1.165, 1.54) is 25.1 Å². The van der Waals surface area contributed by atoms with Gasteiger partial charge in [-0.15, -0.1) is 10.2 Å². The number of halogens is 2. The summed E-state index contributed by atoms with van der Waals surface area (Å²) in [4.78, 5) is 12.4. The normalized spacial score (nSPS) is 11.1. The molecule has 0 aliphatic rings. The molecule has 1 heterocycles. The maximum atomic E-state index is 12.4. The van der Waals surface area contributed by atoms with Crippen molar-refractivity contribution >= 4 is 51.4 Å². The first-order valence-corrected chi connectivity index (χ1v) is 12.4. The van der Waals surface area contributed by atoms with Gasteiger partial charge in [-0.1, -0.05) is 41.6 Å². The van der Waals surface area contributed by atoms with Crippen molar-refractivity contribution in [3.8, 4) is 28.6 Å². The minimum absolute atomic E-state index is 0.00872. The standard InChI is InChI=1S/C24H19BrClN5O3S/c1-34-20-12-15(11-19(25)22(20)33)13-27-28-21(32)14-35-24-30-29-23(16-7-9-17(26)10-8-16)31(24)18-5-3-2-4-6-18/h2-13,33H,14H2,1H3,(H,28,32)/b27-13+. The molecule has 0 saturated carbocycles. The number of benzene rings is 3. The van der Waals surface area contributed by atoms with Crippen LogP contribution in [0.15, 0.2) is 81.5 Å². The lowest BCUT2D eigenvalue weighted by Gasteiger charge is -2.10. The molecule has 2 N–H and O–H groups in total. The monoisotopic (exact) mass is 571 g/mol. The molecule has 0 unspecified atom stereocenters. The summed E-state index contributed by atoms with van der Waals surface area (Å²) in [7, 11) is 1.45. The molecule has 0 aliphatic carbocycles. The molecule has 0 fully saturated rings. The number of nitrogens with one attached hydrogen (secondary N) is 1. The van der Waals surface area contributed by atoms with Crippen LogP contribution in [0.1, 0.15) is 5.56 Å². The number of aromatic hydroxyl groups is 1. The quantitative estimate of drug-likeness (QED) is 0.169. The molecular formula is C24H19BrClN5O3S. The molecule has 0 saturated heterocycles. The summed E-state index contributed by atoms with van der Waals surface area (Å²) in [6.45, 7) is 0. The molecule has 11 heteroatoms. The summed E-state index contributed by atoms with van der Waals surface area (Å²) in [5.41, 5.74) is 4.85. The lowest BCUT2D eigenvalue weighted by atomic mass is 10.2. The minimum atomic E-state index is -0.313. The number of phenols is 1. The number of carbonyl (C=O) groups excluding carboxylic acids is 1. The van der Waals surface area contributed by atoms with E-state index in [0.29, 0.717) is 31.8 Å². The number of aromatic nitrogens is 3. The van der Waals surface area contributed by atoms with E-state index in [1.54, 1.807) is 24.3 Å². The number of rotatable bonds is 8. The second-order valence-electron chi connectivity index (χ2n) is 7.12. The van der Waals surface area contributed by atoms with Crippen LogP contribution >= 0.6 is 39.3 Å². The van der Waals surface area contributed by atoms with Gasteiger partial charge in [0.2, 0.25) is 0 Å². The Bertz CT molecular complexity index is 1360. The Labute approximate surface area is 219 Å². The number of phenolic OH excluding ortho intramolecular Hbond substituents is 1. The van der Waals surface area contributed by atoms with Crippen LogP contribution in [0.3, 0.4) is 0 Å². The van der Waals surface area contributed by atoms with Crippen LogP contribution < -0.4 is 10.2 Å². The summed E-state index contributed by atoms with van der Waals surface area (Å²) in [6, 6.07) is 20.3. The van der Waals surface area contributed by atoms with Gasteiger partial charge in [0.05, 0.1) is 23.5 Å². The first-order chi connectivity index (χ1) is 17.0. The number of hydrazone groups is 1. The van der Waals surface area contributed by atoms with Gasteiger partial charge in [-0.2, -0.15) is 5.10 Å². The highest BCUT2D eigenvalue weighted by Crippen LogP contribution is 2.34. The fourth-order valence-corrected chi connectivity index (χ4v) is 4.45. The van der Waals surface area contributed by atoms with E-state index in [2.05, 4.69) is 36.7 Å². The van der Waals surface area contributed by atoms with Gasteiger partial charge in [0, 0.05) is 16.3 Å². The fourth-order valence-electron chi connectivity index (χ4n) is 3.12. The number of carbonyl (C=O) groups is 1. The van der Waals surface area contributed by atoms with E-state index in [9.17, 15) is 9.90 Å². The van der Waals surface area contributed by atoms with Gasteiger partial charge in [-0.3, -0.25) is 9.36 Å². The number of nitrogens with zero attached hydrogens (tertiary/aromatic N) is 4. The van der Waals surface area contributed by atoms with E-state index >= 15 is 0 Å². The number of hydrogen-bond acceptors (Lipinski definition) is 7. The zero-order valence-corrected chi connectivity index (χ0v) is 21.5. The van der Waals surface area contributed by atoms with Crippen molar-refractivity contribution in [1.82, 2.24) is 20.2 Å². The van der Waals surface area contributed by atoms with Gasteiger partial charge in [0.15, 0.2) is 22.5 Å². The third-order valence-corrected chi connectivity index (χ3v) is 6.54. The van der Waals surface area contributed by atoms with Gasteiger partial charge in [-0.25, -0.2) is 5.43 Å². The van der Waals surface area contributed by atoms with Crippen molar-refractivity contribution in [2.24, 2.45) is 5.10 Å². The average Bonchev–Trinajstić information content (AvgIpc) is 3.29. The molecule has 35 heavy (non-hydrogen) atoms. The fraction of sp³-hybridized carbons (Fsp3) is 0.0833. The molecule has 1 amide bonds. The zero-order valence-electron chi connectivity index (χ0n) is 18.4. The van der Waals surface area contributed by atoms with Crippen LogP contribution in [-0.2, 0) is 4.79 Å². The lowest BCUT2D eigenvalue weighted by molar-refractivity contribution is -0.118. The highest BCUT2D eigenvalue weighted by atomic mass is 79.9. The number of para-hydroxylation sites is 1. The molecule has 0 aliphatic heterocycles. The van der Waals surface area contributed by atoms with Crippen molar-refractivity contribution in [1.29, 1.82) is 0 Å². The average molecular weight is 573 g/mol. The molecule has 4 rings (SSSR count). The van der Waals surface area contributed by atoms with Gasteiger partial charge >= 0.3 is 0 Å². The summed E-state index contributed by atoms with van der Waals surface area (Å²) in [6.07, 6.45) is 1.46. The second kappa shape index (κ2) is 11.4. The van der Waals surface area contributed by atoms with Crippen molar-refractivity contribution in [3.63, 3.8) is 0 Å². The zero-order chi connectivity index (χ0) is 24.8.